The van der Waals surface area contributed by atoms with Crippen LogP contribution in [-0.4, -0.2) is 66.3 Å². The molecule has 1 aliphatic rings. The van der Waals surface area contributed by atoms with Gasteiger partial charge in [0, 0.05) is 38.8 Å². The summed E-state index contributed by atoms with van der Waals surface area (Å²) in [5.41, 5.74) is 0.779. The lowest BCUT2D eigenvalue weighted by atomic mass is 10.0. The summed E-state index contributed by atoms with van der Waals surface area (Å²) in [5.74, 6) is -0.285. The fourth-order valence-corrected chi connectivity index (χ4v) is 2.98. The van der Waals surface area contributed by atoms with Crippen LogP contribution in [0.4, 0.5) is 5.69 Å². The van der Waals surface area contributed by atoms with Crippen LogP contribution < -0.4 is 10.6 Å². The van der Waals surface area contributed by atoms with Gasteiger partial charge in [-0.05, 0) is 18.1 Å². The van der Waals surface area contributed by atoms with Gasteiger partial charge in [-0.15, -0.1) is 0 Å². The largest absolute Gasteiger partial charge is 0.344 e. The molecule has 2 rings (SSSR count). The third-order valence-corrected chi connectivity index (χ3v) is 4.40. The Morgan fingerprint density at radius 1 is 1.04 bits per heavy atom. The van der Waals surface area contributed by atoms with E-state index in [4.69, 9.17) is 0 Å². The van der Waals surface area contributed by atoms with Crippen LogP contribution in [0.1, 0.15) is 20.8 Å². The highest BCUT2D eigenvalue weighted by molar-refractivity contribution is 5.92. The van der Waals surface area contributed by atoms with Crippen LogP contribution in [0.3, 0.4) is 0 Å². The number of hydrogen-bond donors (Lipinski definition) is 2. The second-order valence-corrected chi connectivity index (χ2v) is 6.94. The summed E-state index contributed by atoms with van der Waals surface area (Å²) in [6.07, 6.45) is 0. The van der Waals surface area contributed by atoms with Crippen LogP contribution in [0.2, 0.25) is 0 Å². The maximum Gasteiger partial charge on any atom is 0.245 e. The van der Waals surface area contributed by atoms with E-state index in [9.17, 15) is 14.4 Å². The molecule has 1 aromatic carbocycles. The first-order valence-corrected chi connectivity index (χ1v) is 9.00. The van der Waals surface area contributed by atoms with Gasteiger partial charge in [0.05, 0.1) is 6.54 Å². The monoisotopic (exact) mass is 360 g/mol. The fraction of sp³-hybridized carbons (Fsp3) is 0.526. The highest BCUT2D eigenvalue weighted by Gasteiger charge is 2.30. The van der Waals surface area contributed by atoms with Crippen LogP contribution in [-0.2, 0) is 14.4 Å². The molecule has 0 spiro atoms. The lowest BCUT2D eigenvalue weighted by Crippen LogP contribution is -2.56. The number of nitrogens with zero attached hydrogens (tertiary/aromatic N) is 2. The molecule has 7 heteroatoms. The zero-order chi connectivity index (χ0) is 19.1. The zero-order valence-corrected chi connectivity index (χ0v) is 15.7. The lowest BCUT2D eigenvalue weighted by Gasteiger charge is -2.36. The van der Waals surface area contributed by atoms with Crippen molar-refractivity contribution in [2.75, 3.05) is 38.0 Å². The van der Waals surface area contributed by atoms with E-state index >= 15 is 0 Å². The van der Waals surface area contributed by atoms with Crippen molar-refractivity contribution in [3.63, 3.8) is 0 Å². The molecule has 1 unspecified atom stereocenters. The Kier molecular flexibility index (Phi) is 7.15. The summed E-state index contributed by atoms with van der Waals surface area (Å²) in [7, 11) is 0. The van der Waals surface area contributed by atoms with Crippen molar-refractivity contribution in [1.82, 2.24) is 15.1 Å². The molecular weight excluding hydrogens is 332 g/mol. The van der Waals surface area contributed by atoms with E-state index in [2.05, 4.69) is 10.6 Å². The highest BCUT2D eigenvalue weighted by Crippen LogP contribution is 2.10. The number of carbonyl (C=O) groups is 3. The van der Waals surface area contributed by atoms with E-state index in [1.807, 2.05) is 49.1 Å². The predicted octanol–water partition coefficient (Wildman–Crippen LogP) is 0.930. The first kappa shape index (κ1) is 19.9. The summed E-state index contributed by atoms with van der Waals surface area (Å²) < 4.78 is 0. The Labute approximate surface area is 154 Å². The van der Waals surface area contributed by atoms with Gasteiger partial charge < -0.3 is 15.5 Å². The molecule has 7 nitrogen and oxygen atoms in total. The summed E-state index contributed by atoms with van der Waals surface area (Å²) in [4.78, 5) is 39.9. The Morgan fingerprint density at radius 2 is 1.65 bits per heavy atom. The molecule has 3 amide bonds. The molecule has 26 heavy (non-hydrogen) atoms. The van der Waals surface area contributed by atoms with E-state index in [0.717, 1.165) is 5.69 Å². The molecule has 1 atom stereocenters. The average Bonchev–Trinajstić information content (AvgIpc) is 2.60. The number of carbonyl (C=O) groups excluding carboxylic acids is 3. The van der Waals surface area contributed by atoms with E-state index in [0.29, 0.717) is 32.7 Å². The number of piperazine rings is 1. The van der Waals surface area contributed by atoms with Gasteiger partial charge in [0.2, 0.25) is 17.7 Å². The summed E-state index contributed by atoms with van der Waals surface area (Å²) in [6.45, 7) is 7.95. The minimum Gasteiger partial charge on any atom is -0.344 e. The second-order valence-electron chi connectivity index (χ2n) is 6.94. The van der Waals surface area contributed by atoms with Crippen molar-refractivity contribution in [2.45, 2.75) is 26.8 Å². The van der Waals surface area contributed by atoms with E-state index < -0.39 is 6.04 Å². The van der Waals surface area contributed by atoms with Crippen molar-refractivity contribution < 1.29 is 14.4 Å². The predicted molar refractivity (Wildman–Crippen MR) is 101 cm³/mol. The van der Waals surface area contributed by atoms with Crippen LogP contribution in [0.25, 0.3) is 0 Å². The van der Waals surface area contributed by atoms with Crippen LogP contribution >= 0.6 is 0 Å². The molecule has 0 saturated carbocycles. The number of amides is 3. The Morgan fingerprint density at radius 3 is 2.19 bits per heavy atom. The minimum atomic E-state index is -0.500. The molecule has 0 aromatic heterocycles. The SMILES string of the molecule is CC(=O)NC(C(=O)N1CCN(CC(=O)Nc2ccccc2)CC1)C(C)C. The molecule has 2 N–H and O–H groups in total. The van der Waals surface area contributed by atoms with Crippen LogP contribution in [0.5, 0.6) is 0 Å². The van der Waals surface area contributed by atoms with Crippen molar-refractivity contribution in [2.24, 2.45) is 5.92 Å². The first-order chi connectivity index (χ1) is 12.4. The van der Waals surface area contributed by atoms with E-state index in [1.165, 1.54) is 6.92 Å². The lowest BCUT2D eigenvalue weighted by molar-refractivity contribution is -0.139. The number of hydrogen-bond acceptors (Lipinski definition) is 4. The Bertz CT molecular complexity index is 625. The normalized spacial score (nSPS) is 16.2. The van der Waals surface area contributed by atoms with Gasteiger partial charge in [-0.3, -0.25) is 19.3 Å². The first-order valence-electron chi connectivity index (χ1n) is 9.00. The number of anilines is 1. The summed E-state index contributed by atoms with van der Waals surface area (Å²) in [5, 5.41) is 5.61. The molecular formula is C19H28N4O3. The Balaban J connectivity index is 1.81. The van der Waals surface area contributed by atoms with Gasteiger partial charge in [0.1, 0.15) is 6.04 Å². The van der Waals surface area contributed by atoms with Crippen molar-refractivity contribution >= 4 is 23.4 Å². The fourth-order valence-electron chi connectivity index (χ4n) is 2.98. The topological polar surface area (TPSA) is 81.8 Å². The van der Waals surface area contributed by atoms with E-state index in [1.54, 1.807) is 4.90 Å². The average molecular weight is 360 g/mol. The number of benzene rings is 1. The van der Waals surface area contributed by atoms with Gasteiger partial charge in [-0.25, -0.2) is 0 Å². The standard InChI is InChI=1S/C19H28N4O3/c1-14(2)18(20-15(3)24)19(26)23-11-9-22(10-12-23)13-17(25)21-16-7-5-4-6-8-16/h4-8,14,18H,9-13H2,1-3H3,(H,20,24)(H,21,25). The molecule has 1 fully saturated rings. The minimum absolute atomic E-state index is 0.0288. The third-order valence-electron chi connectivity index (χ3n) is 4.40. The molecule has 142 valence electrons. The van der Waals surface area contributed by atoms with Gasteiger partial charge in [-0.2, -0.15) is 0 Å². The maximum atomic E-state index is 12.7. The van der Waals surface area contributed by atoms with E-state index in [-0.39, 0.29) is 23.6 Å². The third kappa shape index (κ3) is 5.84. The summed E-state index contributed by atoms with van der Waals surface area (Å²) in [6, 6.07) is 8.85. The maximum absolute atomic E-state index is 12.7. The van der Waals surface area contributed by atoms with Gasteiger partial charge >= 0.3 is 0 Å². The molecule has 1 saturated heterocycles. The van der Waals surface area contributed by atoms with Crippen LogP contribution in [0, 0.1) is 5.92 Å². The molecule has 0 aliphatic carbocycles. The van der Waals surface area contributed by atoms with Gasteiger partial charge in [0.25, 0.3) is 0 Å². The molecule has 1 aromatic rings. The number of rotatable bonds is 6. The smallest absolute Gasteiger partial charge is 0.245 e. The molecule has 1 aliphatic heterocycles. The van der Waals surface area contributed by atoms with Crippen molar-refractivity contribution in [3.05, 3.63) is 30.3 Å². The highest BCUT2D eigenvalue weighted by atomic mass is 16.2. The summed E-state index contributed by atoms with van der Waals surface area (Å²) >= 11 is 0. The molecule has 1 heterocycles. The molecule has 0 radical (unpaired) electrons. The molecule has 0 bridgehead atoms. The van der Waals surface area contributed by atoms with Crippen molar-refractivity contribution in [1.29, 1.82) is 0 Å². The quantitative estimate of drug-likeness (QED) is 0.791. The van der Waals surface area contributed by atoms with Crippen LogP contribution in [0.15, 0.2) is 30.3 Å². The van der Waals surface area contributed by atoms with Crippen molar-refractivity contribution in [3.8, 4) is 0 Å². The number of para-hydroxylation sites is 1. The van der Waals surface area contributed by atoms with Gasteiger partial charge in [-0.1, -0.05) is 32.0 Å². The van der Waals surface area contributed by atoms with Gasteiger partial charge in [0.15, 0.2) is 0 Å². The number of nitrogens with one attached hydrogen (secondary N) is 2. The Hall–Kier alpha value is -2.41. The zero-order valence-electron chi connectivity index (χ0n) is 15.7. The second kappa shape index (κ2) is 9.33.